The van der Waals surface area contributed by atoms with Crippen molar-refractivity contribution < 1.29 is 36.3 Å². The minimum atomic E-state index is -4.69. The topological polar surface area (TPSA) is 166 Å². The molecular formula is C24H26ClF3N8O5S. The van der Waals surface area contributed by atoms with Crippen LogP contribution in [0, 0.1) is 0 Å². The zero-order valence-corrected chi connectivity index (χ0v) is 23.6. The summed E-state index contributed by atoms with van der Waals surface area (Å²) in [6.07, 6.45) is -2.89. The van der Waals surface area contributed by atoms with Gasteiger partial charge in [-0.25, -0.2) is 13.4 Å². The highest BCUT2D eigenvalue weighted by atomic mass is 35.5. The van der Waals surface area contributed by atoms with E-state index in [0.29, 0.717) is 13.0 Å². The number of rotatable bonds is 6. The zero-order chi connectivity index (χ0) is 30.4. The van der Waals surface area contributed by atoms with Crippen LogP contribution in [0.25, 0.3) is 11.3 Å². The van der Waals surface area contributed by atoms with Crippen molar-refractivity contribution in [3.8, 4) is 11.3 Å². The number of carbonyl (C=O) groups is 2. The SMILES string of the molecule is Cn1c(-c2cn[nH]c2C(F)(F)F)cnc1C(=O)Nc1ccc(S(=O)(=O)N2CCN(C(=O)[C@@H]3C[C@@H](O)CN3)CC2)c(Cl)c1. The van der Waals surface area contributed by atoms with Crippen LogP contribution in [-0.2, 0) is 28.0 Å². The van der Waals surface area contributed by atoms with Gasteiger partial charge in [-0.2, -0.15) is 22.6 Å². The number of piperazine rings is 1. The number of alkyl halides is 3. The quantitative estimate of drug-likeness (QED) is 0.316. The highest BCUT2D eigenvalue weighted by Gasteiger charge is 2.38. The molecule has 2 amide bonds. The average Bonchev–Trinajstić information content (AvgIpc) is 3.67. The maximum Gasteiger partial charge on any atom is 0.433 e. The van der Waals surface area contributed by atoms with Crippen molar-refractivity contribution in [1.29, 1.82) is 0 Å². The zero-order valence-electron chi connectivity index (χ0n) is 22.0. The number of nitrogens with zero attached hydrogens (tertiary/aromatic N) is 5. The average molecular weight is 631 g/mol. The number of β-amino-alcohol motifs (C(OH)–C–C–N with tert-alkyl or cyclic N) is 1. The lowest BCUT2D eigenvalue weighted by molar-refractivity contribution is -0.140. The Labute approximate surface area is 242 Å². The Morgan fingerprint density at radius 1 is 1.17 bits per heavy atom. The van der Waals surface area contributed by atoms with Crippen LogP contribution in [0.15, 0.2) is 35.5 Å². The van der Waals surface area contributed by atoms with Crippen molar-refractivity contribution in [3.05, 3.63) is 47.1 Å². The molecule has 2 aliphatic heterocycles. The Morgan fingerprint density at radius 2 is 1.88 bits per heavy atom. The number of H-pyrrole nitrogens is 1. The molecule has 42 heavy (non-hydrogen) atoms. The highest BCUT2D eigenvalue weighted by molar-refractivity contribution is 7.89. The summed E-state index contributed by atoms with van der Waals surface area (Å²) in [7, 11) is -2.66. The van der Waals surface area contributed by atoms with Crippen molar-refractivity contribution >= 4 is 39.1 Å². The molecule has 1 aromatic carbocycles. The normalized spacial score (nSPS) is 20.2. The number of nitrogens with one attached hydrogen (secondary N) is 3. The van der Waals surface area contributed by atoms with Gasteiger partial charge in [0.25, 0.3) is 5.91 Å². The smallest absolute Gasteiger partial charge is 0.392 e. The van der Waals surface area contributed by atoms with Gasteiger partial charge in [0.1, 0.15) is 10.6 Å². The number of carbonyl (C=O) groups excluding carboxylic acids is 2. The Bertz CT molecular complexity index is 1620. The third-order valence-electron chi connectivity index (χ3n) is 7.15. The molecule has 226 valence electrons. The van der Waals surface area contributed by atoms with Gasteiger partial charge in [-0.3, -0.25) is 14.7 Å². The molecule has 0 bridgehead atoms. The first-order chi connectivity index (χ1) is 19.8. The number of aliphatic hydroxyl groups is 1. The molecule has 2 saturated heterocycles. The van der Waals surface area contributed by atoms with Gasteiger partial charge in [0, 0.05) is 45.5 Å². The summed E-state index contributed by atoms with van der Waals surface area (Å²) in [6, 6.07) is 3.31. The summed E-state index contributed by atoms with van der Waals surface area (Å²) in [6.45, 7) is 0.773. The molecule has 2 aliphatic rings. The van der Waals surface area contributed by atoms with Crippen molar-refractivity contribution in [2.45, 2.75) is 29.6 Å². The molecule has 0 spiro atoms. The molecule has 4 heterocycles. The lowest BCUT2D eigenvalue weighted by Crippen LogP contribution is -2.54. The number of aliphatic hydroxyl groups excluding tert-OH is 1. The summed E-state index contributed by atoms with van der Waals surface area (Å²) in [5.74, 6) is -1.16. The second-order valence-corrected chi connectivity index (χ2v) is 12.2. The molecule has 4 N–H and O–H groups in total. The Hall–Kier alpha value is -3.51. The van der Waals surface area contributed by atoms with E-state index in [4.69, 9.17) is 11.6 Å². The van der Waals surface area contributed by atoms with Crippen molar-refractivity contribution in [2.75, 3.05) is 38.0 Å². The van der Waals surface area contributed by atoms with E-state index in [1.54, 1.807) is 4.90 Å². The summed E-state index contributed by atoms with van der Waals surface area (Å²) < 4.78 is 68.8. The Morgan fingerprint density at radius 3 is 2.50 bits per heavy atom. The van der Waals surface area contributed by atoms with Gasteiger partial charge in [-0.15, -0.1) is 0 Å². The van der Waals surface area contributed by atoms with Gasteiger partial charge < -0.3 is 25.2 Å². The van der Waals surface area contributed by atoms with Gasteiger partial charge in [-0.05, 0) is 24.6 Å². The first-order valence-electron chi connectivity index (χ1n) is 12.7. The van der Waals surface area contributed by atoms with Crippen molar-refractivity contribution in [3.63, 3.8) is 0 Å². The minimum Gasteiger partial charge on any atom is -0.392 e. The molecule has 0 saturated carbocycles. The van der Waals surface area contributed by atoms with Crippen LogP contribution in [0.1, 0.15) is 22.7 Å². The van der Waals surface area contributed by atoms with Crippen LogP contribution in [0.2, 0.25) is 5.02 Å². The van der Waals surface area contributed by atoms with Crippen LogP contribution in [0.4, 0.5) is 18.9 Å². The van der Waals surface area contributed by atoms with Gasteiger partial charge in [-0.1, -0.05) is 11.6 Å². The molecule has 3 aromatic rings. The number of imidazole rings is 1. The van der Waals surface area contributed by atoms with Crippen LogP contribution in [0.3, 0.4) is 0 Å². The number of hydrogen-bond donors (Lipinski definition) is 4. The fourth-order valence-electron chi connectivity index (χ4n) is 4.96. The molecule has 13 nitrogen and oxygen atoms in total. The maximum atomic E-state index is 13.3. The number of aromatic amines is 1. The van der Waals surface area contributed by atoms with E-state index in [2.05, 4.69) is 20.7 Å². The molecule has 2 fully saturated rings. The van der Waals surface area contributed by atoms with Gasteiger partial charge in [0.15, 0.2) is 5.82 Å². The summed E-state index contributed by atoms with van der Waals surface area (Å²) >= 11 is 6.31. The number of hydrogen-bond acceptors (Lipinski definition) is 8. The van der Waals surface area contributed by atoms with Crippen LogP contribution in [-0.4, -0.2) is 99.2 Å². The largest absolute Gasteiger partial charge is 0.433 e. The van der Waals surface area contributed by atoms with Crippen LogP contribution in [0.5, 0.6) is 0 Å². The Balaban J connectivity index is 1.25. The van der Waals surface area contributed by atoms with Gasteiger partial charge >= 0.3 is 6.18 Å². The van der Waals surface area contributed by atoms with E-state index in [0.717, 1.165) is 12.4 Å². The third-order valence-corrected chi connectivity index (χ3v) is 9.54. The first-order valence-corrected chi connectivity index (χ1v) is 14.5. The lowest BCUT2D eigenvalue weighted by Gasteiger charge is -2.35. The van der Waals surface area contributed by atoms with E-state index < -0.39 is 39.9 Å². The number of aromatic nitrogens is 4. The number of amides is 2. The summed E-state index contributed by atoms with van der Waals surface area (Å²) in [5, 5.41) is 20.3. The highest BCUT2D eigenvalue weighted by Crippen LogP contribution is 2.35. The second-order valence-electron chi connectivity index (χ2n) is 9.86. The molecule has 0 unspecified atom stereocenters. The third kappa shape index (κ3) is 5.74. The van der Waals surface area contributed by atoms with E-state index in [9.17, 15) is 36.3 Å². The standard InChI is InChI=1S/C24H26ClF3N8O5S/c1-34-18(15-11-31-33-20(15)24(26,27)28)12-30-21(34)22(38)32-13-2-3-19(16(25)8-13)42(40,41)36-6-4-35(5-7-36)23(39)17-9-14(37)10-29-17/h2-3,8,11-12,14,17,29,37H,4-7,9-10H2,1H3,(H,31,33)(H,32,38)/t14-,17+/m1/s1. The fourth-order valence-corrected chi connectivity index (χ4v) is 6.90. The maximum absolute atomic E-state index is 13.3. The van der Waals surface area contributed by atoms with Crippen molar-refractivity contribution in [1.82, 2.24) is 34.3 Å². The van der Waals surface area contributed by atoms with E-state index >= 15 is 0 Å². The second kappa shape index (κ2) is 11.3. The summed E-state index contributed by atoms with van der Waals surface area (Å²) in [4.78, 5) is 30.8. The minimum absolute atomic E-state index is 0.000377. The monoisotopic (exact) mass is 630 g/mol. The van der Waals surface area contributed by atoms with E-state index in [1.807, 2.05) is 5.10 Å². The van der Waals surface area contributed by atoms with E-state index in [-0.39, 0.29) is 64.8 Å². The molecule has 0 aliphatic carbocycles. The predicted octanol–water partition coefficient (Wildman–Crippen LogP) is 1.29. The first kappa shape index (κ1) is 30.0. The molecule has 2 atom stereocenters. The van der Waals surface area contributed by atoms with E-state index in [1.165, 1.54) is 34.1 Å². The molecule has 2 aromatic heterocycles. The van der Waals surface area contributed by atoms with Crippen molar-refractivity contribution in [2.24, 2.45) is 7.05 Å². The molecular weight excluding hydrogens is 605 g/mol. The number of halogens is 4. The number of sulfonamides is 1. The molecule has 5 rings (SSSR count). The lowest BCUT2D eigenvalue weighted by atomic mass is 10.1. The predicted molar refractivity (Wildman–Crippen MR) is 143 cm³/mol. The number of benzene rings is 1. The van der Waals surface area contributed by atoms with Gasteiger partial charge in [0.2, 0.25) is 15.9 Å². The molecule has 18 heteroatoms. The molecule has 0 radical (unpaired) electrons. The summed E-state index contributed by atoms with van der Waals surface area (Å²) in [5.41, 5.74) is -1.23. The van der Waals surface area contributed by atoms with Crippen LogP contribution < -0.4 is 10.6 Å². The van der Waals surface area contributed by atoms with Gasteiger partial charge in [0.05, 0.1) is 40.8 Å². The Kier molecular flexibility index (Phi) is 8.06. The fraction of sp³-hybridized carbons (Fsp3) is 0.417. The number of anilines is 1. The van der Waals surface area contributed by atoms with Crippen LogP contribution >= 0.6 is 11.6 Å².